The maximum Gasteiger partial charge on any atom is 0.308 e. The van der Waals surface area contributed by atoms with Crippen LogP contribution in [-0.2, 0) is 16.1 Å². The smallest absolute Gasteiger partial charge is 0.308 e. The Labute approximate surface area is 140 Å². The molecule has 0 aliphatic carbocycles. The van der Waals surface area contributed by atoms with E-state index < -0.39 is 5.56 Å². The molecular formula is C15H25N5O4. The maximum absolute atomic E-state index is 11.9. The quantitative estimate of drug-likeness (QED) is 0.652. The number of nitrogen functional groups attached to an aromatic ring is 1. The third-order valence-electron chi connectivity index (χ3n) is 3.38. The number of carbonyl (C=O) groups excluding carboxylic acids is 1. The van der Waals surface area contributed by atoms with Crippen molar-refractivity contribution in [3.05, 3.63) is 15.3 Å². The molecule has 24 heavy (non-hydrogen) atoms. The summed E-state index contributed by atoms with van der Waals surface area (Å²) >= 11 is 0. The van der Waals surface area contributed by atoms with E-state index in [0.717, 1.165) is 6.54 Å². The zero-order valence-electron chi connectivity index (χ0n) is 14.8. The summed E-state index contributed by atoms with van der Waals surface area (Å²) in [4.78, 5) is 38.8. The van der Waals surface area contributed by atoms with Crippen LogP contribution in [0.3, 0.4) is 0 Å². The number of carbonyl (C=O) groups is 1. The normalized spacial score (nSPS) is 12.7. The Kier molecular flexibility index (Phi) is 6.87. The van der Waals surface area contributed by atoms with E-state index in [1.54, 1.807) is 13.8 Å². The van der Waals surface area contributed by atoms with Gasteiger partial charge in [0.05, 0.1) is 13.0 Å². The molecule has 2 N–H and O–H groups in total. The fourth-order valence-electron chi connectivity index (χ4n) is 2.25. The number of nitrogens with two attached hydrogens (primary N) is 1. The minimum Gasteiger partial charge on any atom is -0.469 e. The Bertz CT molecular complexity index is 654. The van der Waals surface area contributed by atoms with Crippen molar-refractivity contribution in [1.29, 1.82) is 0 Å². The van der Waals surface area contributed by atoms with Gasteiger partial charge in [0, 0.05) is 19.6 Å². The molecule has 1 aromatic rings. The van der Waals surface area contributed by atoms with Crippen LogP contribution < -0.4 is 16.2 Å². The van der Waals surface area contributed by atoms with Gasteiger partial charge in [0.2, 0.25) is 11.6 Å². The van der Waals surface area contributed by atoms with Gasteiger partial charge in [-0.3, -0.25) is 14.2 Å². The Morgan fingerprint density at radius 2 is 1.96 bits per heavy atom. The van der Waals surface area contributed by atoms with Crippen molar-refractivity contribution in [1.82, 2.24) is 9.55 Å². The van der Waals surface area contributed by atoms with Crippen LogP contribution in [0.4, 0.5) is 17.5 Å². The van der Waals surface area contributed by atoms with Crippen LogP contribution in [0.1, 0.15) is 27.7 Å². The number of rotatable bonds is 4. The average Bonchev–Trinajstić information content (AvgIpc) is 2.89. The number of anilines is 2. The molecule has 1 aliphatic rings. The van der Waals surface area contributed by atoms with Crippen LogP contribution in [0, 0.1) is 16.7 Å². The first-order chi connectivity index (χ1) is 11.2. The van der Waals surface area contributed by atoms with Gasteiger partial charge in [0.15, 0.2) is 5.82 Å². The van der Waals surface area contributed by atoms with Crippen molar-refractivity contribution in [3.8, 4) is 0 Å². The minimum atomic E-state index is -0.450. The minimum absolute atomic E-state index is 0.00463. The summed E-state index contributed by atoms with van der Waals surface area (Å²) in [5.41, 5.74) is 4.81. The second-order valence-electron chi connectivity index (χ2n) is 6.21. The molecule has 2 heterocycles. The summed E-state index contributed by atoms with van der Waals surface area (Å²) < 4.78 is 5.83. The largest absolute Gasteiger partial charge is 0.469 e. The van der Waals surface area contributed by atoms with E-state index in [1.165, 1.54) is 11.7 Å². The number of aromatic nitrogens is 2. The van der Waals surface area contributed by atoms with Crippen LogP contribution in [0.2, 0.25) is 0 Å². The molecule has 0 amide bonds. The van der Waals surface area contributed by atoms with Crippen molar-refractivity contribution in [2.45, 2.75) is 34.2 Å². The number of esters is 1. The van der Waals surface area contributed by atoms with Crippen molar-refractivity contribution >= 4 is 23.4 Å². The molecule has 1 aromatic heterocycles. The van der Waals surface area contributed by atoms with E-state index >= 15 is 0 Å². The lowest BCUT2D eigenvalue weighted by atomic mass is 10.2. The third kappa shape index (κ3) is 4.53. The number of methoxy groups -OCH3 is 1. The van der Waals surface area contributed by atoms with Gasteiger partial charge in [-0.15, -0.1) is 4.91 Å². The zero-order chi connectivity index (χ0) is 18.4. The zero-order valence-corrected chi connectivity index (χ0v) is 14.8. The molecule has 0 saturated heterocycles. The van der Waals surface area contributed by atoms with Gasteiger partial charge in [0.25, 0.3) is 5.56 Å². The predicted molar refractivity (Wildman–Crippen MR) is 92.3 cm³/mol. The topological polar surface area (TPSA) is 120 Å². The molecule has 9 nitrogen and oxygen atoms in total. The monoisotopic (exact) mass is 339 g/mol. The highest BCUT2D eigenvalue weighted by atomic mass is 16.5. The highest BCUT2D eigenvalue weighted by molar-refractivity contribution is 5.71. The molecule has 0 fully saturated rings. The summed E-state index contributed by atoms with van der Waals surface area (Å²) in [5, 5.41) is 2.64. The summed E-state index contributed by atoms with van der Waals surface area (Å²) in [6.45, 7) is 9.81. The van der Waals surface area contributed by atoms with E-state index in [2.05, 4.69) is 28.7 Å². The fraction of sp³-hybridized carbons (Fsp3) is 0.667. The Morgan fingerprint density at radius 1 is 1.33 bits per heavy atom. The van der Waals surface area contributed by atoms with Crippen LogP contribution in [0.15, 0.2) is 9.97 Å². The van der Waals surface area contributed by atoms with Crippen molar-refractivity contribution in [2.75, 3.05) is 30.8 Å². The lowest BCUT2D eigenvalue weighted by Gasteiger charge is -2.19. The number of fused-ring (bicyclic) bond motifs is 1. The molecule has 0 spiro atoms. The van der Waals surface area contributed by atoms with Gasteiger partial charge >= 0.3 is 5.97 Å². The van der Waals surface area contributed by atoms with E-state index in [-0.39, 0.29) is 23.4 Å². The Morgan fingerprint density at radius 3 is 2.38 bits per heavy atom. The average molecular weight is 339 g/mol. The summed E-state index contributed by atoms with van der Waals surface area (Å²) in [5.74, 6) is 0.758. The molecule has 0 saturated carbocycles. The lowest BCUT2D eigenvalue weighted by Crippen LogP contribution is -2.27. The molecule has 0 bridgehead atoms. The molecule has 1 aliphatic heterocycles. The molecule has 0 unspecified atom stereocenters. The van der Waals surface area contributed by atoms with Gasteiger partial charge in [-0.2, -0.15) is 4.98 Å². The Balaban J connectivity index is 0.000000351. The first-order valence-electron chi connectivity index (χ1n) is 7.79. The van der Waals surface area contributed by atoms with Crippen LogP contribution in [0.25, 0.3) is 0 Å². The predicted octanol–water partition coefficient (Wildman–Crippen LogP) is 1.51. The highest BCUT2D eigenvalue weighted by Crippen LogP contribution is 2.23. The van der Waals surface area contributed by atoms with Crippen LogP contribution in [0.5, 0.6) is 0 Å². The molecule has 9 heteroatoms. The van der Waals surface area contributed by atoms with Gasteiger partial charge in [-0.25, -0.2) is 0 Å². The second kappa shape index (κ2) is 8.42. The van der Waals surface area contributed by atoms with Gasteiger partial charge in [-0.05, 0) is 11.1 Å². The molecule has 0 aromatic carbocycles. The van der Waals surface area contributed by atoms with E-state index in [0.29, 0.717) is 25.0 Å². The van der Waals surface area contributed by atoms with Crippen LogP contribution >= 0.6 is 0 Å². The van der Waals surface area contributed by atoms with E-state index in [1.807, 2.05) is 4.90 Å². The molecular weight excluding hydrogens is 314 g/mol. The third-order valence-corrected chi connectivity index (χ3v) is 3.38. The van der Waals surface area contributed by atoms with Gasteiger partial charge in [0.1, 0.15) is 0 Å². The summed E-state index contributed by atoms with van der Waals surface area (Å²) in [7, 11) is 1.39. The fourth-order valence-corrected chi connectivity index (χ4v) is 2.25. The Hall–Kier alpha value is -2.45. The van der Waals surface area contributed by atoms with Crippen LogP contribution in [-0.4, -0.2) is 35.7 Å². The molecule has 2 rings (SSSR count). The number of ether oxygens (including phenoxy) is 1. The molecule has 134 valence electrons. The SMILES string of the molecule is CC(C)CN1CCn2c1nc(N)c(N=O)c2=O.COC(=O)C(C)C. The number of hydrogen-bond acceptors (Lipinski definition) is 8. The van der Waals surface area contributed by atoms with Crippen molar-refractivity contribution in [2.24, 2.45) is 17.0 Å². The van der Waals surface area contributed by atoms with Crippen molar-refractivity contribution in [3.63, 3.8) is 0 Å². The first kappa shape index (κ1) is 19.6. The maximum atomic E-state index is 11.9. The highest BCUT2D eigenvalue weighted by Gasteiger charge is 2.25. The second-order valence-corrected chi connectivity index (χ2v) is 6.21. The number of nitroso groups, excluding NO2 is 1. The number of hydrogen-bond donors (Lipinski definition) is 1. The lowest BCUT2D eigenvalue weighted by molar-refractivity contribution is -0.144. The van der Waals surface area contributed by atoms with Crippen molar-refractivity contribution < 1.29 is 9.53 Å². The van der Waals surface area contributed by atoms with E-state index in [4.69, 9.17) is 5.73 Å². The summed E-state index contributed by atoms with van der Waals surface area (Å²) in [6, 6.07) is 0. The summed E-state index contributed by atoms with van der Waals surface area (Å²) in [6.07, 6.45) is 0. The molecule has 0 atom stereocenters. The standard InChI is InChI=1S/C10H15N5O2.C5H10O2/c1-6(2)5-14-3-4-15-9(16)7(13-17)8(11)12-10(14)15;1-4(2)5(6)7-3/h6H,3-5,11H2,1-2H3;4H,1-3H3. The van der Waals surface area contributed by atoms with Gasteiger partial charge in [-0.1, -0.05) is 27.7 Å². The number of nitrogens with zero attached hydrogens (tertiary/aromatic N) is 4. The van der Waals surface area contributed by atoms with Gasteiger partial charge < -0.3 is 15.4 Å². The van der Waals surface area contributed by atoms with E-state index in [9.17, 15) is 14.5 Å². The first-order valence-corrected chi connectivity index (χ1v) is 7.79. The molecule has 0 radical (unpaired) electrons.